The summed E-state index contributed by atoms with van der Waals surface area (Å²) in [6.07, 6.45) is 0. The molecule has 1 aromatic heterocycles. The minimum atomic E-state index is -1.18. The molecule has 3 aromatic rings. The molecule has 0 atom stereocenters. The number of halogens is 3. The van der Waals surface area contributed by atoms with E-state index in [1.54, 1.807) is 12.1 Å². The molecule has 0 radical (unpaired) electrons. The lowest BCUT2D eigenvalue weighted by atomic mass is 10.1. The summed E-state index contributed by atoms with van der Waals surface area (Å²) in [5.74, 6) is -3.02. The molecule has 0 bridgehead atoms. The molecule has 0 fully saturated rings. The SMILES string of the molecule is Fc1cc(F)c2[nH]c(-c3ccccc3)cc2c1F. The maximum absolute atomic E-state index is 13.5. The minimum Gasteiger partial charge on any atom is -0.352 e. The normalized spacial score (nSPS) is 11.1. The second-order valence-corrected chi connectivity index (χ2v) is 3.99. The van der Waals surface area contributed by atoms with Crippen molar-refractivity contribution < 1.29 is 13.2 Å². The van der Waals surface area contributed by atoms with Crippen molar-refractivity contribution in [2.75, 3.05) is 0 Å². The van der Waals surface area contributed by atoms with Crippen LogP contribution in [0.5, 0.6) is 0 Å². The van der Waals surface area contributed by atoms with Gasteiger partial charge in [0.1, 0.15) is 5.82 Å². The van der Waals surface area contributed by atoms with Gasteiger partial charge in [0, 0.05) is 17.1 Å². The van der Waals surface area contributed by atoms with Crippen LogP contribution in [0.25, 0.3) is 22.2 Å². The molecule has 0 aliphatic carbocycles. The van der Waals surface area contributed by atoms with E-state index in [9.17, 15) is 13.2 Å². The Morgan fingerprint density at radius 1 is 0.833 bits per heavy atom. The maximum atomic E-state index is 13.5. The maximum Gasteiger partial charge on any atom is 0.168 e. The van der Waals surface area contributed by atoms with Crippen LogP contribution in [-0.2, 0) is 0 Å². The van der Waals surface area contributed by atoms with Crippen LogP contribution in [0.2, 0.25) is 0 Å². The van der Waals surface area contributed by atoms with Gasteiger partial charge in [-0.2, -0.15) is 0 Å². The van der Waals surface area contributed by atoms with Crippen molar-refractivity contribution >= 4 is 10.9 Å². The van der Waals surface area contributed by atoms with E-state index in [0.717, 1.165) is 5.56 Å². The zero-order chi connectivity index (χ0) is 12.7. The molecule has 3 rings (SSSR count). The summed E-state index contributed by atoms with van der Waals surface area (Å²) < 4.78 is 40.2. The molecule has 18 heavy (non-hydrogen) atoms. The van der Waals surface area contributed by atoms with Crippen LogP contribution in [0.15, 0.2) is 42.5 Å². The number of benzene rings is 2. The Morgan fingerprint density at radius 2 is 1.56 bits per heavy atom. The largest absolute Gasteiger partial charge is 0.352 e. The Morgan fingerprint density at radius 3 is 2.28 bits per heavy atom. The third kappa shape index (κ3) is 1.57. The molecular weight excluding hydrogens is 239 g/mol. The van der Waals surface area contributed by atoms with Crippen LogP contribution < -0.4 is 0 Å². The molecule has 0 saturated heterocycles. The summed E-state index contributed by atoms with van der Waals surface area (Å²) in [5.41, 5.74) is 1.31. The van der Waals surface area contributed by atoms with Gasteiger partial charge in [0.15, 0.2) is 11.6 Å². The molecule has 0 saturated carbocycles. The topological polar surface area (TPSA) is 15.8 Å². The first-order valence-electron chi connectivity index (χ1n) is 5.38. The number of H-pyrrole nitrogens is 1. The van der Waals surface area contributed by atoms with Gasteiger partial charge in [-0.05, 0) is 11.6 Å². The highest BCUT2D eigenvalue weighted by molar-refractivity contribution is 5.86. The molecule has 1 nitrogen and oxygen atoms in total. The zero-order valence-electron chi connectivity index (χ0n) is 9.18. The highest BCUT2D eigenvalue weighted by Crippen LogP contribution is 2.28. The predicted molar refractivity (Wildman–Crippen MR) is 63.6 cm³/mol. The van der Waals surface area contributed by atoms with Gasteiger partial charge >= 0.3 is 0 Å². The Hall–Kier alpha value is -2.23. The molecule has 4 heteroatoms. The van der Waals surface area contributed by atoms with Crippen LogP contribution in [0, 0.1) is 17.5 Å². The van der Waals surface area contributed by atoms with Crippen LogP contribution in [0.4, 0.5) is 13.2 Å². The van der Waals surface area contributed by atoms with Crippen molar-refractivity contribution in [3.05, 3.63) is 59.9 Å². The lowest BCUT2D eigenvalue weighted by Gasteiger charge is -1.96. The van der Waals surface area contributed by atoms with Gasteiger partial charge in [0.05, 0.1) is 5.52 Å². The smallest absolute Gasteiger partial charge is 0.168 e. The van der Waals surface area contributed by atoms with Gasteiger partial charge in [-0.1, -0.05) is 30.3 Å². The second-order valence-electron chi connectivity index (χ2n) is 3.99. The average molecular weight is 247 g/mol. The first-order chi connectivity index (χ1) is 8.66. The standard InChI is InChI=1S/C14H8F3N/c15-10-7-11(16)14-9(13(10)17)6-12(18-14)8-4-2-1-3-5-8/h1-7,18H. The summed E-state index contributed by atoms with van der Waals surface area (Å²) in [6, 6.07) is 11.0. The number of rotatable bonds is 1. The number of aromatic amines is 1. The van der Waals surface area contributed by atoms with Gasteiger partial charge < -0.3 is 4.98 Å². The van der Waals surface area contributed by atoms with E-state index >= 15 is 0 Å². The average Bonchev–Trinajstić information content (AvgIpc) is 2.83. The third-order valence-electron chi connectivity index (χ3n) is 2.84. The summed E-state index contributed by atoms with van der Waals surface area (Å²) in [7, 11) is 0. The molecule has 0 aliphatic heterocycles. The van der Waals surface area contributed by atoms with Gasteiger partial charge in [-0.3, -0.25) is 0 Å². The van der Waals surface area contributed by atoms with E-state index in [2.05, 4.69) is 4.98 Å². The van der Waals surface area contributed by atoms with Crippen LogP contribution >= 0.6 is 0 Å². The first-order valence-corrected chi connectivity index (χ1v) is 5.38. The molecule has 2 aromatic carbocycles. The van der Waals surface area contributed by atoms with E-state index in [4.69, 9.17) is 0 Å². The fraction of sp³-hybridized carbons (Fsp3) is 0. The van der Waals surface area contributed by atoms with Gasteiger partial charge in [-0.25, -0.2) is 13.2 Å². The molecule has 0 unspecified atom stereocenters. The Balaban J connectivity index is 2.29. The van der Waals surface area contributed by atoms with E-state index in [0.29, 0.717) is 11.8 Å². The second kappa shape index (κ2) is 3.91. The number of hydrogen-bond acceptors (Lipinski definition) is 0. The molecular formula is C14H8F3N. The van der Waals surface area contributed by atoms with Crippen molar-refractivity contribution in [2.24, 2.45) is 0 Å². The number of fused-ring (bicyclic) bond motifs is 1. The first kappa shape index (κ1) is 10.9. The third-order valence-corrected chi connectivity index (χ3v) is 2.84. The van der Waals surface area contributed by atoms with Crippen molar-refractivity contribution in [1.29, 1.82) is 0 Å². The minimum absolute atomic E-state index is 0.0206. The van der Waals surface area contributed by atoms with Crippen molar-refractivity contribution in [1.82, 2.24) is 4.98 Å². The highest BCUT2D eigenvalue weighted by atomic mass is 19.2. The van der Waals surface area contributed by atoms with Crippen LogP contribution in [-0.4, -0.2) is 4.98 Å². The van der Waals surface area contributed by atoms with Crippen LogP contribution in [0.3, 0.4) is 0 Å². The van der Waals surface area contributed by atoms with Gasteiger partial charge in [0.25, 0.3) is 0 Å². The Labute approximate surface area is 101 Å². The summed E-state index contributed by atoms with van der Waals surface area (Å²) in [4.78, 5) is 2.77. The summed E-state index contributed by atoms with van der Waals surface area (Å²) >= 11 is 0. The Kier molecular flexibility index (Phi) is 2.37. The molecule has 1 N–H and O–H groups in total. The van der Waals surface area contributed by atoms with E-state index < -0.39 is 17.5 Å². The fourth-order valence-electron chi connectivity index (χ4n) is 1.96. The van der Waals surface area contributed by atoms with Gasteiger partial charge in [-0.15, -0.1) is 0 Å². The molecule has 0 spiro atoms. The molecule has 0 amide bonds. The monoisotopic (exact) mass is 247 g/mol. The predicted octanol–water partition coefficient (Wildman–Crippen LogP) is 4.25. The lowest BCUT2D eigenvalue weighted by molar-refractivity contribution is 0.505. The molecule has 1 heterocycles. The Bertz CT molecular complexity index is 717. The zero-order valence-corrected chi connectivity index (χ0v) is 9.18. The number of hydrogen-bond donors (Lipinski definition) is 1. The van der Waals surface area contributed by atoms with Crippen molar-refractivity contribution in [3.63, 3.8) is 0 Å². The highest BCUT2D eigenvalue weighted by Gasteiger charge is 2.15. The van der Waals surface area contributed by atoms with Crippen LogP contribution in [0.1, 0.15) is 0 Å². The fourth-order valence-corrected chi connectivity index (χ4v) is 1.96. The quantitative estimate of drug-likeness (QED) is 0.619. The molecule has 90 valence electrons. The lowest BCUT2D eigenvalue weighted by Crippen LogP contribution is -1.88. The van der Waals surface area contributed by atoms with E-state index in [-0.39, 0.29) is 10.9 Å². The van der Waals surface area contributed by atoms with Gasteiger partial charge in [0.2, 0.25) is 0 Å². The number of nitrogens with one attached hydrogen (secondary N) is 1. The van der Waals surface area contributed by atoms with Crippen molar-refractivity contribution in [3.8, 4) is 11.3 Å². The van der Waals surface area contributed by atoms with Crippen molar-refractivity contribution in [2.45, 2.75) is 0 Å². The van der Waals surface area contributed by atoms with E-state index in [1.165, 1.54) is 6.07 Å². The summed E-state index contributed by atoms with van der Waals surface area (Å²) in [6.45, 7) is 0. The van der Waals surface area contributed by atoms with E-state index in [1.807, 2.05) is 18.2 Å². The summed E-state index contributed by atoms with van der Waals surface area (Å²) in [5, 5.41) is -0.0775. The molecule has 0 aliphatic rings. The number of aromatic nitrogens is 1.